The second kappa shape index (κ2) is 7.47. The molecule has 4 rings (SSSR count). The van der Waals surface area contributed by atoms with Crippen LogP contribution in [0.25, 0.3) is 28.0 Å². The van der Waals surface area contributed by atoms with Crippen molar-refractivity contribution in [2.75, 3.05) is 12.4 Å². The summed E-state index contributed by atoms with van der Waals surface area (Å²) in [6, 6.07) is 17.1. The van der Waals surface area contributed by atoms with Crippen LogP contribution in [-0.2, 0) is 4.79 Å². The van der Waals surface area contributed by atoms with Gasteiger partial charge in [0, 0.05) is 35.0 Å². The topological polar surface area (TPSA) is 94.6 Å². The Hall–Kier alpha value is -4.13. The molecule has 1 N–H and O–H groups in total. The van der Waals surface area contributed by atoms with E-state index >= 15 is 0 Å². The van der Waals surface area contributed by atoms with Crippen molar-refractivity contribution in [3.8, 4) is 5.75 Å². The first kappa shape index (κ1) is 18.2. The number of carbonyl (C=O) groups excluding carboxylic acids is 1. The van der Waals surface area contributed by atoms with Crippen molar-refractivity contribution in [2.45, 2.75) is 0 Å². The standard InChI is InChI=1S/C22H16N2O5/c1-28-21-12-17-16-4-2-3-5-19(16)29-20(17)13-18(21)23-22(25)11-8-14-6-9-15(10-7-14)24(26)27/h2-13H,1H3,(H,23,25). The number of methoxy groups -OCH3 is 1. The van der Waals surface area contributed by atoms with Gasteiger partial charge in [0.05, 0.1) is 17.7 Å². The summed E-state index contributed by atoms with van der Waals surface area (Å²) in [5, 5.41) is 15.3. The third-order valence-corrected chi connectivity index (χ3v) is 4.49. The van der Waals surface area contributed by atoms with E-state index in [1.807, 2.05) is 30.3 Å². The number of furan rings is 1. The zero-order chi connectivity index (χ0) is 20.4. The van der Waals surface area contributed by atoms with Gasteiger partial charge in [-0.1, -0.05) is 18.2 Å². The Morgan fingerprint density at radius 1 is 1.07 bits per heavy atom. The molecule has 0 aliphatic rings. The van der Waals surface area contributed by atoms with Gasteiger partial charge in [-0.2, -0.15) is 0 Å². The number of nitro groups is 1. The third-order valence-electron chi connectivity index (χ3n) is 4.49. The van der Waals surface area contributed by atoms with E-state index in [0.29, 0.717) is 22.6 Å². The van der Waals surface area contributed by atoms with E-state index in [-0.39, 0.29) is 11.6 Å². The highest BCUT2D eigenvalue weighted by Gasteiger charge is 2.13. The monoisotopic (exact) mass is 388 g/mol. The molecule has 7 nitrogen and oxygen atoms in total. The van der Waals surface area contributed by atoms with Crippen LogP contribution in [-0.4, -0.2) is 17.9 Å². The quantitative estimate of drug-likeness (QED) is 0.290. The number of carbonyl (C=O) groups is 1. The number of nitrogens with one attached hydrogen (secondary N) is 1. The molecule has 0 radical (unpaired) electrons. The predicted molar refractivity (Wildman–Crippen MR) is 111 cm³/mol. The normalized spacial score (nSPS) is 11.2. The van der Waals surface area contributed by atoms with Crippen LogP contribution < -0.4 is 10.1 Å². The van der Waals surface area contributed by atoms with Crippen LogP contribution in [0.5, 0.6) is 5.75 Å². The van der Waals surface area contributed by atoms with E-state index in [0.717, 1.165) is 16.4 Å². The lowest BCUT2D eigenvalue weighted by Gasteiger charge is -2.09. The molecule has 1 aromatic heterocycles. The SMILES string of the molecule is COc1cc2c(cc1NC(=O)C=Cc1ccc([N+](=O)[O-])cc1)oc1ccccc12. The van der Waals surface area contributed by atoms with E-state index in [2.05, 4.69) is 5.32 Å². The first-order valence-electron chi connectivity index (χ1n) is 8.78. The van der Waals surface area contributed by atoms with E-state index in [9.17, 15) is 14.9 Å². The van der Waals surface area contributed by atoms with E-state index in [1.54, 1.807) is 24.3 Å². The summed E-state index contributed by atoms with van der Waals surface area (Å²) in [7, 11) is 1.53. The summed E-state index contributed by atoms with van der Waals surface area (Å²) < 4.78 is 11.3. The second-order valence-electron chi connectivity index (χ2n) is 6.32. The molecule has 1 amide bonds. The zero-order valence-corrected chi connectivity index (χ0v) is 15.4. The third kappa shape index (κ3) is 3.66. The number of amides is 1. The second-order valence-corrected chi connectivity index (χ2v) is 6.32. The van der Waals surface area contributed by atoms with E-state index < -0.39 is 4.92 Å². The lowest BCUT2D eigenvalue weighted by Crippen LogP contribution is -2.08. The fourth-order valence-corrected chi connectivity index (χ4v) is 3.07. The summed E-state index contributed by atoms with van der Waals surface area (Å²) in [5.41, 5.74) is 2.55. The maximum Gasteiger partial charge on any atom is 0.269 e. The minimum absolute atomic E-state index is 0.00419. The number of ether oxygens (including phenoxy) is 1. The number of nitrogens with zero attached hydrogens (tertiary/aromatic N) is 1. The predicted octanol–water partition coefficient (Wildman–Crippen LogP) is 5.15. The molecular formula is C22H16N2O5. The molecule has 3 aromatic carbocycles. The number of para-hydroxylation sites is 1. The number of anilines is 1. The highest BCUT2D eigenvalue weighted by Crippen LogP contribution is 2.36. The maximum absolute atomic E-state index is 12.3. The Morgan fingerprint density at radius 2 is 1.83 bits per heavy atom. The van der Waals surface area contributed by atoms with Gasteiger partial charge in [0.2, 0.25) is 5.91 Å². The molecule has 0 unspecified atom stereocenters. The van der Waals surface area contributed by atoms with Gasteiger partial charge in [0.1, 0.15) is 16.9 Å². The Balaban J connectivity index is 1.58. The lowest BCUT2D eigenvalue weighted by atomic mass is 10.1. The number of hydrogen-bond donors (Lipinski definition) is 1. The molecule has 0 atom stereocenters. The first-order valence-corrected chi connectivity index (χ1v) is 8.78. The van der Waals surface area contributed by atoms with Gasteiger partial charge in [-0.05, 0) is 35.9 Å². The van der Waals surface area contributed by atoms with Gasteiger partial charge >= 0.3 is 0 Å². The van der Waals surface area contributed by atoms with Crippen molar-refractivity contribution < 1.29 is 18.9 Å². The van der Waals surface area contributed by atoms with Crippen molar-refractivity contribution >= 4 is 45.3 Å². The Bertz CT molecular complexity index is 1260. The Morgan fingerprint density at radius 3 is 2.55 bits per heavy atom. The van der Waals surface area contributed by atoms with Gasteiger partial charge in [0.15, 0.2) is 0 Å². The minimum atomic E-state index is -0.472. The zero-order valence-electron chi connectivity index (χ0n) is 15.4. The number of rotatable bonds is 5. The molecular weight excluding hydrogens is 372 g/mol. The molecule has 29 heavy (non-hydrogen) atoms. The molecule has 0 saturated carbocycles. The number of non-ortho nitro benzene ring substituents is 1. The van der Waals surface area contributed by atoms with Gasteiger partial charge in [-0.3, -0.25) is 14.9 Å². The fourth-order valence-electron chi connectivity index (χ4n) is 3.07. The van der Waals surface area contributed by atoms with Crippen LogP contribution in [0.2, 0.25) is 0 Å². The van der Waals surface area contributed by atoms with Gasteiger partial charge in [0.25, 0.3) is 5.69 Å². The highest BCUT2D eigenvalue weighted by atomic mass is 16.6. The van der Waals surface area contributed by atoms with Crippen molar-refractivity contribution in [2.24, 2.45) is 0 Å². The van der Waals surface area contributed by atoms with Crippen molar-refractivity contribution in [1.82, 2.24) is 0 Å². The molecule has 0 aliphatic heterocycles. The molecule has 4 aromatic rings. The van der Waals surface area contributed by atoms with E-state index in [1.165, 1.54) is 25.3 Å². The molecule has 7 heteroatoms. The summed E-state index contributed by atoms with van der Waals surface area (Å²) in [5.74, 6) is 0.151. The Labute approximate surface area is 165 Å². The smallest absolute Gasteiger partial charge is 0.269 e. The maximum atomic E-state index is 12.3. The van der Waals surface area contributed by atoms with Crippen molar-refractivity contribution in [3.05, 3.63) is 82.4 Å². The number of fused-ring (bicyclic) bond motifs is 3. The first-order chi connectivity index (χ1) is 14.0. The van der Waals surface area contributed by atoms with Crippen molar-refractivity contribution in [3.63, 3.8) is 0 Å². The van der Waals surface area contributed by atoms with Gasteiger partial charge in [-0.15, -0.1) is 0 Å². The number of hydrogen-bond acceptors (Lipinski definition) is 5. The molecule has 0 spiro atoms. The van der Waals surface area contributed by atoms with Crippen LogP contribution in [0, 0.1) is 10.1 Å². The van der Waals surface area contributed by atoms with Gasteiger partial charge in [-0.25, -0.2) is 0 Å². The van der Waals surface area contributed by atoms with Crippen molar-refractivity contribution in [1.29, 1.82) is 0 Å². The highest BCUT2D eigenvalue weighted by molar-refractivity contribution is 6.09. The van der Waals surface area contributed by atoms with Crippen LogP contribution in [0.3, 0.4) is 0 Å². The van der Waals surface area contributed by atoms with Gasteiger partial charge < -0.3 is 14.5 Å². The van der Waals surface area contributed by atoms with Crippen LogP contribution in [0.15, 0.2) is 71.2 Å². The molecule has 0 aliphatic carbocycles. The fraction of sp³-hybridized carbons (Fsp3) is 0.0455. The van der Waals surface area contributed by atoms with Crippen LogP contribution in [0.1, 0.15) is 5.56 Å². The molecule has 0 fully saturated rings. The average Bonchev–Trinajstić information content (AvgIpc) is 3.09. The molecule has 144 valence electrons. The van der Waals surface area contributed by atoms with Crippen LogP contribution >= 0.6 is 0 Å². The Kier molecular flexibility index (Phi) is 4.70. The van der Waals surface area contributed by atoms with Crippen LogP contribution in [0.4, 0.5) is 11.4 Å². The number of nitro benzene ring substituents is 1. The summed E-state index contributed by atoms with van der Waals surface area (Å²) >= 11 is 0. The summed E-state index contributed by atoms with van der Waals surface area (Å²) in [4.78, 5) is 22.6. The minimum Gasteiger partial charge on any atom is -0.495 e. The van der Waals surface area contributed by atoms with E-state index in [4.69, 9.17) is 9.15 Å². The number of benzene rings is 3. The molecule has 0 saturated heterocycles. The average molecular weight is 388 g/mol. The summed E-state index contributed by atoms with van der Waals surface area (Å²) in [6.45, 7) is 0. The lowest BCUT2D eigenvalue weighted by molar-refractivity contribution is -0.384. The summed E-state index contributed by atoms with van der Waals surface area (Å²) in [6.07, 6.45) is 2.93. The molecule has 0 bridgehead atoms. The molecule has 1 heterocycles. The largest absolute Gasteiger partial charge is 0.495 e.